The van der Waals surface area contributed by atoms with E-state index in [1.165, 1.54) is 10.4 Å². The van der Waals surface area contributed by atoms with Crippen LogP contribution >= 0.6 is 23.1 Å². The van der Waals surface area contributed by atoms with Crippen molar-refractivity contribution in [1.82, 2.24) is 4.90 Å². The molecule has 2 aromatic rings. The minimum atomic E-state index is -0.142. The van der Waals surface area contributed by atoms with Crippen molar-refractivity contribution in [3.63, 3.8) is 0 Å². The summed E-state index contributed by atoms with van der Waals surface area (Å²) < 4.78 is 0. The molecule has 0 radical (unpaired) electrons. The Morgan fingerprint density at radius 3 is 2.96 bits per heavy atom. The Kier molecular flexibility index (Phi) is 4.67. The highest BCUT2D eigenvalue weighted by Crippen LogP contribution is 2.32. The molecular formula is C18H19N3O2S2. The van der Waals surface area contributed by atoms with E-state index in [9.17, 15) is 9.59 Å². The fraction of sp³-hybridized carbons (Fsp3) is 0.333. The number of fused-ring (bicyclic) bond motifs is 1. The number of hydrogen-bond acceptors (Lipinski definition) is 5. The van der Waals surface area contributed by atoms with Gasteiger partial charge in [-0.25, -0.2) is 0 Å². The molecular weight excluding hydrogens is 354 g/mol. The van der Waals surface area contributed by atoms with Crippen molar-refractivity contribution in [2.45, 2.75) is 13.0 Å². The molecule has 2 amide bonds. The van der Waals surface area contributed by atoms with Gasteiger partial charge in [0, 0.05) is 18.0 Å². The van der Waals surface area contributed by atoms with Crippen LogP contribution in [0, 0.1) is 0 Å². The largest absolute Gasteiger partial charge is 0.365 e. The Hall–Kier alpha value is -1.99. The molecule has 0 unspecified atom stereocenters. The summed E-state index contributed by atoms with van der Waals surface area (Å²) in [5, 5.41) is 5.14. The molecule has 1 fully saturated rings. The van der Waals surface area contributed by atoms with E-state index < -0.39 is 0 Å². The van der Waals surface area contributed by atoms with Crippen molar-refractivity contribution < 1.29 is 9.59 Å². The number of hydrogen-bond donors (Lipinski definition) is 1. The van der Waals surface area contributed by atoms with Crippen LogP contribution in [0.5, 0.6) is 0 Å². The maximum Gasteiger partial charge on any atom is 0.244 e. The predicted octanol–water partition coefficient (Wildman–Crippen LogP) is 2.78. The Labute approximate surface area is 155 Å². The standard InChI is InChI=1S/C18H19N3O2S2/c22-17(10-21-12-24-11-18(21)23)19-14-3-1-2-4-15(14)20-7-5-16-13(9-20)6-8-25-16/h1-4,6,8H,5,7,9-12H2,(H,19,22). The van der Waals surface area contributed by atoms with Crippen LogP contribution in [-0.4, -0.2) is 41.4 Å². The molecule has 3 heterocycles. The lowest BCUT2D eigenvalue weighted by molar-refractivity contribution is -0.130. The summed E-state index contributed by atoms with van der Waals surface area (Å²) in [5.74, 6) is 0.965. The molecule has 2 aliphatic rings. The zero-order chi connectivity index (χ0) is 17.2. The van der Waals surface area contributed by atoms with E-state index in [0.717, 1.165) is 30.9 Å². The molecule has 130 valence electrons. The average molecular weight is 374 g/mol. The second kappa shape index (κ2) is 7.09. The second-order valence-corrected chi connectivity index (χ2v) is 8.13. The molecule has 0 saturated carbocycles. The van der Waals surface area contributed by atoms with Crippen LogP contribution in [0.3, 0.4) is 0 Å². The summed E-state index contributed by atoms with van der Waals surface area (Å²) in [6, 6.07) is 10.1. The quantitative estimate of drug-likeness (QED) is 0.895. The Morgan fingerprint density at radius 2 is 2.12 bits per heavy atom. The van der Waals surface area contributed by atoms with Gasteiger partial charge in [0.1, 0.15) is 6.54 Å². The summed E-state index contributed by atoms with van der Waals surface area (Å²) in [4.78, 5) is 29.4. The third-order valence-electron chi connectivity index (χ3n) is 4.49. The maximum absolute atomic E-state index is 12.4. The molecule has 0 atom stereocenters. The third-order valence-corrected chi connectivity index (χ3v) is 6.45. The molecule has 1 aromatic heterocycles. The Morgan fingerprint density at radius 1 is 1.24 bits per heavy atom. The monoisotopic (exact) mass is 373 g/mol. The molecule has 1 saturated heterocycles. The molecule has 0 bridgehead atoms. The predicted molar refractivity (Wildman–Crippen MR) is 103 cm³/mol. The van der Waals surface area contributed by atoms with Gasteiger partial charge in [0.15, 0.2) is 0 Å². The van der Waals surface area contributed by atoms with Gasteiger partial charge >= 0.3 is 0 Å². The number of para-hydroxylation sites is 2. The summed E-state index contributed by atoms with van der Waals surface area (Å²) in [5.41, 5.74) is 3.22. The van der Waals surface area contributed by atoms with Crippen LogP contribution < -0.4 is 10.2 Å². The van der Waals surface area contributed by atoms with Gasteiger partial charge in [-0.15, -0.1) is 23.1 Å². The van der Waals surface area contributed by atoms with E-state index in [-0.39, 0.29) is 18.4 Å². The van der Waals surface area contributed by atoms with E-state index in [0.29, 0.717) is 11.6 Å². The highest BCUT2D eigenvalue weighted by atomic mass is 32.2. The zero-order valence-corrected chi connectivity index (χ0v) is 15.4. The van der Waals surface area contributed by atoms with Crippen LogP contribution in [0.1, 0.15) is 10.4 Å². The number of carbonyl (C=O) groups excluding carboxylic acids is 2. The number of benzene rings is 1. The summed E-state index contributed by atoms with van der Waals surface area (Å²) in [6.45, 7) is 1.93. The number of nitrogens with one attached hydrogen (secondary N) is 1. The van der Waals surface area contributed by atoms with Gasteiger partial charge in [-0.1, -0.05) is 12.1 Å². The van der Waals surface area contributed by atoms with Gasteiger partial charge in [-0.3, -0.25) is 9.59 Å². The number of carbonyl (C=O) groups is 2. The maximum atomic E-state index is 12.4. The van der Waals surface area contributed by atoms with Gasteiger partial charge in [0.25, 0.3) is 0 Å². The van der Waals surface area contributed by atoms with Gasteiger partial charge in [-0.2, -0.15) is 0 Å². The molecule has 5 nitrogen and oxygen atoms in total. The van der Waals surface area contributed by atoms with Crippen LogP contribution in [0.4, 0.5) is 11.4 Å². The van der Waals surface area contributed by atoms with E-state index in [4.69, 9.17) is 0 Å². The normalized spacial score (nSPS) is 16.9. The number of thioether (sulfide) groups is 1. The van der Waals surface area contributed by atoms with Crippen molar-refractivity contribution in [3.05, 3.63) is 46.2 Å². The van der Waals surface area contributed by atoms with Gasteiger partial charge < -0.3 is 15.1 Å². The third kappa shape index (κ3) is 3.52. The SMILES string of the molecule is O=C(CN1CSCC1=O)Nc1ccccc1N1CCc2sccc2C1. The van der Waals surface area contributed by atoms with E-state index >= 15 is 0 Å². The molecule has 7 heteroatoms. The number of rotatable bonds is 4. The first-order chi connectivity index (χ1) is 12.2. The fourth-order valence-electron chi connectivity index (χ4n) is 3.21. The number of anilines is 2. The first-order valence-corrected chi connectivity index (χ1v) is 10.3. The van der Waals surface area contributed by atoms with Crippen LogP contribution in [0.15, 0.2) is 35.7 Å². The molecule has 2 aliphatic heterocycles. The van der Waals surface area contributed by atoms with E-state index in [1.54, 1.807) is 16.7 Å². The zero-order valence-electron chi connectivity index (χ0n) is 13.7. The summed E-state index contributed by atoms with van der Waals surface area (Å²) >= 11 is 3.37. The van der Waals surface area contributed by atoms with Crippen LogP contribution in [0.25, 0.3) is 0 Å². The van der Waals surface area contributed by atoms with E-state index in [2.05, 4.69) is 21.7 Å². The highest BCUT2D eigenvalue weighted by molar-refractivity contribution is 8.00. The minimum Gasteiger partial charge on any atom is -0.365 e. The van der Waals surface area contributed by atoms with Gasteiger partial charge in [-0.05, 0) is 35.6 Å². The molecule has 1 aromatic carbocycles. The summed E-state index contributed by atoms with van der Waals surface area (Å²) in [6.07, 6.45) is 1.04. The Balaban J connectivity index is 1.48. The molecule has 1 N–H and O–H groups in total. The minimum absolute atomic E-state index is 0.0365. The van der Waals surface area contributed by atoms with Crippen molar-refractivity contribution in [1.29, 1.82) is 0 Å². The lowest BCUT2D eigenvalue weighted by Crippen LogP contribution is -2.35. The first-order valence-electron chi connectivity index (χ1n) is 8.25. The number of nitrogens with zero attached hydrogens (tertiary/aromatic N) is 2. The lowest BCUT2D eigenvalue weighted by Gasteiger charge is -2.30. The molecule has 0 spiro atoms. The molecule has 4 rings (SSSR count). The second-order valence-electron chi connectivity index (χ2n) is 6.18. The topological polar surface area (TPSA) is 52.7 Å². The van der Waals surface area contributed by atoms with Crippen LogP contribution in [-0.2, 0) is 22.6 Å². The number of amides is 2. The number of thiophene rings is 1. The fourth-order valence-corrected chi connectivity index (χ4v) is 5.01. The Bertz CT molecular complexity index is 805. The van der Waals surface area contributed by atoms with Crippen molar-refractivity contribution in [2.75, 3.05) is 34.9 Å². The van der Waals surface area contributed by atoms with Crippen molar-refractivity contribution in [2.24, 2.45) is 0 Å². The van der Waals surface area contributed by atoms with E-state index in [1.807, 2.05) is 35.6 Å². The van der Waals surface area contributed by atoms with Crippen molar-refractivity contribution in [3.8, 4) is 0 Å². The van der Waals surface area contributed by atoms with Gasteiger partial charge in [0.2, 0.25) is 11.8 Å². The van der Waals surface area contributed by atoms with Gasteiger partial charge in [0.05, 0.1) is 23.0 Å². The summed E-state index contributed by atoms with van der Waals surface area (Å²) in [7, 11) is 0. The average Bonchev–Trinajstić information content (AvgIpc) is 3.24. The first kappa shape index (κ1) is 16.5. The lowest BCUT2D eigenvalue weighted by atomic mass is 10.1. The molecule has 0 aliphatic carbocycles. The molecule has 25 heavy (non-hydrogen) atoms. The van der Waals surface area contributed by atoms with Crippen LogP contribution in [0.2, 0.25) is 0 Å². The highest BCUT2D eigenvalue weighted by Gasteiger charge is 2.24. The smallest absolute Gasteiger partial charge is 0.244 e. The van der Waals surface area contributed by atoms with Crippen molar-refractivity contribution >= 4 is 46.3 Å².